The van der Waals surface area contributed by atoms with Crippen LogP contribution in [0.15, 0.2) is 24.3 Å². The van der Waals surface area contributed by atoms with Crippen LogP contribution in [0.3, 0.4) is 0 Å². The first kappa shape index (κ1) is 28.9. The second kappa shape index (κ2) is 13.8. The molecule has 3 heterocycles. The van der Waals surface area contributed by atoms with E-state index in [4.69, 9.17) is 4.74 Å². The standard InChI is InChI=1S/C29H43N5O5/c1-20(2)26-29(38)34-17-9-10-21(34)19-39-24-12-4-3-11-22(24)27(36)31-23(18-25(35)32-26)28(37)30-13-5-6-14-33-15-7-8-16-33/h3-4,11-12,20-21,23,26H,5-10,13-19H2,1-2H3,(H,30,37)(H,31,36)(H,32,35)/t21-,23+,26+/m1/s1. The molecule has 2 saturated heterocycles. The third-order valence-corrected chi connectivity index (χ3v) is 7.88. The van der Waals surface area contributed by atoms with Crippen LogP contribution >= 0.6 is 0 Å². The molecule has 0 bridgehead atoms. The lowest BCUT2D eigenvalue weighted by atomic mass is 10.0. The minimum Gasteiger partial charge on any atom is -0.491 e. The second-order valence-electron chi connectivity index (χ2n) is 11.2. The Hall–Kier alpha value is -3.14. The van der Waals surface area contributed by atoms with Gasteiger partial charge in [0.2, 0.25) is 17.7 Å². The molecule has 214 valence electrons. The van der Waals surface area contributed by atoms with E-state index in [2.05, 4.69) is 20.9 Å². The van der Waals surface area contributed by atoms with E-state index < -0.39 is 29.8 Å². The Labute approximate surface area is 231 Å². The molecule has 2 fully saturated rings. The number of hydrogen-bond acceptors (Lipinski definition) is 6. The van der Waals surface area contributed by atoms with Crippen molar-refractivity contribution in [1.82, 2.24) is 25.8 Å². The Kier molecular flexibility index (Phi) is 10.2. The highest BCUT2D eigenvalue weighted by Gasteiger charge is 2.37. The zero-order chi connectivity index (χ0) is 27.8. The molecule has 0 radical (unpaired) electrons. The third kappa shape index (κ3) is 7.71. The number of ether oxygens (including phenoxy) is 1. The van der Waals surface area contributed by atoms with Crippen molar-refractivity contribution >= 4 is 23.6 Å². The highest BCUT2D eigenvalue weighted by molar-refractivity contribution is 6.01. The summed E-state index contributed by atoms with van der Waals surface area (Å²) >= 11 is 0. The fourth-order valence-corrected chi connectivity index (χ4v) is 5.62. The van der Waals surface area contributed by atoms with Crippen LogP contribution in [0.5, 0.6) is 5.75 Å². The average Bonchev–Trinajstić information content (AvgIpc) is 3.61. The number of rotatable bonds is 7. The van der Waals surface area contributed by atoms with Gasteiger partial charge in [-0.3, -0.25) is 19.2 Å². The molecule has 0 unspecified atom stereocenters. The summed E-state index contributed by atoms with van der Waals surface area (Å²) in [4.78, 5) is 57.3. The summed E-state index contributed by atoms with van der Waals surface area (Å²) in [5.41, 5.74) is 0.286. The monoisotopic (exact) mass is 541 g/mol. The summed E-state index contributed by atoms with van der Waals surface area (Å²) in [5, 5.41) is 8.49. The van der Waals surface area contributed by atoms with E-state index in [1.807, 2.05) is 13.8 Å². The predicted molar refractivity (Wildman–Crippen MR) is 147 cm³/mol. The molecule has 10 nitrogen and oxygen atoms in total. The Morgan fingerprint density at radius 3 is 2.59 bits per heavy atom. The Morgan fingerprint density at radius 1 is 1.05 bits per heavy atom. The third-order valence-electron chi connectivity index (χ3n) is 7.88. The van der Waals surface area contributed by atoms with Gasteiger partial charge in [-0.2, -0.15) is 0 Å². The van der Waals surface area contributed by atoms with E-state index in [9.17, 15) is 19.2 Å². The van der Waals surface area contributed by atoms with Crippen LogP contribution in [0.25, 0.3) is 0 Å². The zero-order valence-corrected chi connectivity index (χ0v) is 23.2. The molecule has 3 aliphatic rings. The van der Waals surface area contributed by atoms with Gasteiger partial charge in [0.05, 0.1) is 18.0 Å². The quantitative estimate of drug-likeness (QED) is 0.452. The van der Waals surface area contributed by atoms with Gasteiger partial charge in [-0.1, -0.05) is 26.0 Å². The predicted octanol–water partition coefficient (Wildman–Crippen LogP) is 1.69. The Balaban J connectivity index is 1.48. The van der Waals surface area contributed by atoms with Gasteiger partial charge in [-0.15, -0.1) is 0 Å². The van der Waals surface area contributed by atoms with Crippen molar-refractivity contribution in [3.63, 3.8) is 0 Å². The molecule has 10 heteroatoms. The molecule has 0 spiro atoms. The molecule has 39 heavy (non-hydrogen) atoms. The lowest BCUT2D eigenvalue weighted by Crippen LogP contribution is -2.55. The van der Waals surface area contributed by atoms with Crippen LogP contribution < -0.4 is 20.7 Å². The Morgan fingerprint density at radius 2 is 1.82 bits per heavy atom. The van der Waals surface area contributed by atoms with Gasteiger partial charge in [-0.05, 0) is 76.2 Å². The minimum atomic E-state index is -1.09. The van der Waals surface area contributed by atoms with Crippen molar-refractivity contribution in [3.8, 4) is 5.75 Å². The van der Waals surface area contributed by atoms with Gasteiger partial charge in [0, 0.05) is 13.1 Å². The van der Waals surface area contributed by atoms with E-state index in [1.54, 1.807) is 29.2 Å². The first-order chi connectivity index (χ1) is 18.8. The van der Waals surface area contributed by atoms with Gasteiger partial charge < -0.3 is 30.5 Å². The number of unbranched alkanes of at least 4 members (excludes halogenated alkanes) is 1. The molecule has 0 aliphatic carbocycles. The van der Waals surface area contributed by atoms with E-state index in [0.717, 1.165) is 45.3 Å². The van der Waals surface area contributed by atoms with Crippen molar-refractivity contribution in [2.24, 2.45) is 5.92 Å². The van der Waals surface area contributed by atoms with Crippen LogP contribution in [-0.4, -0.2) is 90.9 Å². The fourth-order valence-electron chi connectivity index (χ4n) is 5.62. The smallest absolute Gasteiger partial charge is 0.255 e. The van der Waals surface area contributed by atoms with Gasteiger partial charge >= 0.3 is 0 Å². The van der Waals surface area contributed by atoms with Crippen LogP contribution in [0.4, 0.5) is 0 Å². The topological polar surface area (TPSA) is 120 Å². The highest BCUT2D eigenvalue weighted by atomic mass is 16.5. The SMILES string of the molecule is CC(C)[C@@H]1NC(=O)C[C@@H](C(=O)NCCCCN2CCCC2)NC(=O)c2ccccc2OC[C@H]2CCCN2C1=O. The number of carbonyl (C=O) groups is 4. The molecule has 4 amide bonds. The van der Waals surface area contributed by atoms with Gasteiger partial charge in [0.15, 0.2) is 0 Å². The number of nitrogens with zero attached hydrogens (tertiary/aromatic N) is 2. The summed E-state index contributed by atoms with van der Waals surface area (Å²) in [6, 6.07) is 4.90. The fraction of sp³-hybridized carbons (Fsp3) is 0.655. The van der Waals surface area contributed by atoms with Gasteiger partial charge in [0.1, 0.15) is 24.4 Å². The second-order valence-corrected chi connectivity index (χ2v) is 11.2. The summed E-state index contributed by atoms with van der Waals surface area (Å²) in [6.45, 7) is 8.36. The lowest BCUT2D eigenvalue weighted by Gasteiger charge is -2.32. The number of amides is 4. The maximum absolute atomic E-state index is 13.5. The first-order valence-electron chi connectivity index (χ1n) is 14.5. The molecule has 4 rings (SSSR count). The van der Waals surface area contributed by atoms with Crippen LogP contribution in [0.2, 0.25) is 0 Å². The summed E-state index contributed by atoms with van der Waals surface area (Å²) in [7, 11) is 0. The first-order valence-corrected chi connectivity index (χ1v) is 14.5. The molecule has 1 aromatic rings. The molecule has 3 N–H and O–H groups in total. The highest BCUT2D eigenvalue weighted by Crippen LogP contribution is 2.24. The molecule has 0 saturated carbocycles. The lowest BCUT2D eigenvalue weighted by molar-refractivity contribution is -0.139. The number of nitrogens with one attached hydrogen (secondary N) is 3. The summed E-state index contributed by atoms with van der Waals surface area (Å²) < 4.78 is 6.07. The van der Waals surface area contributed by atoms with E-state index in [1.165, 1.54) is 12.8 Å². The number of benzene rings is 1. The van der Waals surface area contributed by atoms with Crippen LogP contribution in [0.1, 0.15) is 69.2 Å². The van der Waals surface area contributed by atoms with Gasteiger partial charge in [0.25, 0.3) is 5.91 Å². The van der Waals surface area contributed by atoms with Gasteiger partial charge in [-0.25, -0.2) is 0 Å². The molecule has 1 aromatic carbocycles. The number of para-hydroxylation sites is 1. The number of fused-ring (bicyclic) bond motifs is 2. The maximum atomic E-state index is 13.5. The number of likely N-dealkylation sites (tertiary alicyclic amines) is 1. The van der Waals surface area contributed by atoms with Crippen molar-refractivity contribution in [1.29, 1.82) is 0 Å². The van der Waals surface area contributed by atoms with E-state index in [0.29, 0.717) is 18.8 Å². The minimum absolute atomic E-state index is 0.140. The van der Waals surface area contributed by atoms with Crippen LogP contribution in [0, 0.1) is 5.92 Å². The summed E-state index contributed by atoms with van der Waals surface area (Å²) in [5.74, 6) is -1.25. The average molecular weight is 542 g/mol. The largest absolute Gasteiger partial charge is 0.491 e. The number of carbonyl (C=O) groups excluding carboxylic acids is 4. The maximum Gasteiger partial charge on any atom is 0.255 e. The summed E-state index contributed by atoms with van der Waals surface area (Å²) in [6.07, 6.45) is 5.64. The van der Waals surface area contributed by atoms with E-state index in [-0.39, 0.29) is 36.5 Å². The molecule has 3 atom stereocenters. The van der Waals surface area contributed by atoms with Crippen molar-refractivity contribution in [2.45, 2.75) is 76.9 Å². The van der Waals surface area contributed by atoms with Crippen molar-refractivity contribution in [2.75, 3.05) is 39.3 Å². The van der Waals surface area contributed by atoms with Crippen molar-refractivity contribution in [3.05, 3.63) is 29.8 Å². The molecule has 0 aromatic heterocycles. The van der Waals surface area contributed by atoms with Crippen molar-refractivity contribution < 1.29 is 23.9 Å². The molecular weight excluding hydrogens is 498 g/mol. The van der Waals surface area contributed by atoms with Crippen LogP contribution in [-0.2, 0) is 14.4 Å². The normalized spacial score (nSPS) is 24.8. The van der Waals surface area contributed by atoms with E-state index >= 15 is 0 Å². The zero-order valence-electron chi connectivity index (χ0n) is 23.2. The Bertz CT molecular complexity index is 1030. The molecule has 3 aliphatic heterocycles. The number of hydrogen-bond donors (Lipinski definition) is 3. The molecular formula is C29H43N5O5.